The van der Waals surface area contributed by atoms with Gasteiger partial charge in [-0.3, -0.25) is 0 Å². The van der Waals surface area contributed by atoms with Crippen molar-refractivity contribution in [2.45, 2.75) is 71.0 Å². The van der Waals surface area contributed by atoms with Crippen LogP contribution in [0.4, 0.5) is 0 Å². The summed E-state index contributed by atoms with van der Waals surface area (Å²) in [5.41, 5.74) is 1.16. The van der Waals surface area contributed by atoms with Gasteiger partial charge in [0.05, 0.1) is 18.5 Å². The summed E-state index contributed by atoms with van der Waals surface area (Å²) < 4.78 is 19.6. The van der Waals surface area contributed by atoms with Gasteiger partial charge in [-0.15, -0.1) is 0 Å². The average molecular weight is 356 g/mol. The molecule has 1 aliphatic heterocycles. The SMILES string of the molecule is CCC1CC(CC)OC(CCC[n+]2ccc(/C=C/c3ccco3)cc2)O1. The molecule has 140 valence electrons. The predicted octanol–water partition coefficient (Wildman–Crippen LogP) is 4.84. The van der Waals surface area contributed by atoms with E-state index in [4.69, 9.17) is 13.9 Å². The molecule has 1 saturated heterocycles. The van der Waals surface area contributed by atoms with Crippen molar-refractivity contribution in [2.24, 2.45) is 0 Å². The number of pyridine rings is 1. The van der Waals surface area contributed by atoms with E-state index in [0.29, 0.717) is 12.2 Å². The topological polar surface area (TPSA) is 35.5 Å². The largest absolute Gasteiger partial charge is 0.465 e. The van der Waals surface area contributed by atoms with Crippen LogP contribution in [0.1, 0.15) is 57.3 Å². The third kappa shape index (κ3) is 5.55. The maximum atomic E-state index is 6.04. The second-order valence-electron chi connectivity index (χ2n) is 6.86. The quantitative estimate of drug-likeness (QED) is 0.635. The normalized spacial score (nSPS) is 23.5. The fraction of sp³-hybridized carbons (Fsp3) is 0.500. The van der Waals surface area contributed by atoms with Gasteiger partial charge in [0.1, 0.15) is 12.3 Å². The molecular formula is C22H30NO3+. The van der Waals surface area contributed by atoms with Crippen molar-refractivity contribution in [2.75, 3.05) is 0 Å². The van der Waals surface area contributed by atoms with Gasteiger partial charge in [0.25, 0.3) is 0 Å². The Morgan fingerprint density at radius 1 is 1.04 bits per heavy atom. The smallest absolute Gasteiger partial charge is 0.169 e. The van der Waals surface area contributed by atoms with E-state index in [9.17, 15) is 0 Å². The number of hydrogen-bond donors (Lipinski definition) is 0. The lowest BCUT2D eigenvalue weighted by Crippen LogP contribution is -2.39. The van der Waals surface area contributed by atoms with Crippen molar-refractivity contribution in [3.63, 3.8) is 0 Å². The van der Waals surface area contributed by atoms with Crippen molar-refractivity contribution >= 4 is 12.2 Å². The van der Waals surface area contributed by atoms with Gasteiger partial charge in [0.2, 0.25) is 0 Å². The van der Waals surface area contributed by atoms with Crippen molar-refractivity contribution in [3.05, 3.63) is 54.2 Å². The minimum atomic E-state index is -0.0465. The molecule has 2 aromatic heterocycles. The lowest BCUT2D eigenvalue weighted by Gasteiger charge is -2.35. The van der Waals surface area contributed by atoms with E-state index in [1.54, 1.807) is 6.26 Å². The Bertz CT molecular complexity index is 651. The Morgan fingerprint density at radius 2 is 1.77 bits per heavy atom. The molecule has 4 nitrogen and oxygen atoms in total. The molecule has 2 unspecified atom stereocenters. The average Bonchev–Trinajstić information content (AvgIpc) is 3.20. The molecule has 0 aromatic carbocycles. The van der Waals surface area contributed by atoms with E-state index in [1.165, 1.54) is 0 Å². The van der Waals surface area contributed by atoms with Crippen LogP contribution in [-0.2, 0) is 16.0 Å². The van der Waals surface area contributed by atoms with Crippen LogP contribution in [0.2, 0.25) is 0 Å². The van der Waals surface area contributed by atoms with Gasteiger partial charge in [-0.05, 0) is 43.0 Å². The van der Waals surface area contributed by atoms with E-state index in [-0.39, 0.29) is 6.29 Å². The van der Waals surface area contributed by atoms with Crippen molar-refractivity contribution in [1.29, 1.82) is 0 Å². The predicted molar refractivity (Wildman–Crippen MR) is 102 cm³/mol. The molecule has 0 bridgehead atoms. The fourth-order valence-electron chi connectivity index (χ4n) is 3.26. The third-order valence-corrected chi connectivity index (χ3v) is 4.88. The third-order valence-electron chi connectivity index (χ3n) is 4.88. The molecular weight excluding hydrogens is 326 g/mol. The molecule has 3 rings (SSSR count). The standard InChI is InChI=1S/C22H30NO3/c1-3-19-17-20(4-2)26-22(25-19)8-5-13-23-14-11-18(12-15-23)9-10-21-7-6-16-24-21/h6-7,9-12,14-16,19-20,22H,3-5,8,13,17H2,1-2H3/q+1/b10-9+. The van der Waals surface area contributed by atoms with Crippen LogP contribution in [-0.4, -0.2) is 18.5 Å². The van der Waals surface area contributed by atoms with E-state index in [2.05, 4.69) is 49.0 Å². The Hall–Kier alpha value is -1.91. The molecule has 2 aromatic rings. The first-order valence-corrected chi connectivity index (χ1v) is 9.78. The number of aryl methyl sites for hydroxylation is 1. The summed E-state index contributed by atoms with van der Waals surface area (Å²) in [7, 11) is 0. The zero-order chi connectivity index (χ0) is 18.2. The van der Waals surface area contributed by atoms with Crippen LogP contribution in [0.5, 0.6) is 0 Å². The summed E-state index contributed by atoms with van der Waals surface area (Å²) in [5.74, 6) is 0.866. The van der Waals surface area contributed by atoms with Crippen LogP contribution in [0.15, 0.2) is 47.3 Å². The number of rotatable bonds is 8. The molecule has 0 aliphatic carbocycles. The summed E-state index contributed by atoms with van der Waals surface area (Å²) >= 11 is 0. The second kappa shape index (κ2) is 9.70. The number of hydrogen-bond acceptors (Lipinski definition) is 3. The van der Waals surface area contributed by atoms with E-state index in [1.807, 2.05) is 18.2 Å². The first-order valence-electron chi connectivity index (χ1n) is 9.78. The van der Waals surface area contributed by atoms with Gasteiger partial charge >= 0.3 is 0 Å². The van der Waals surface area contributed by atoms with Gasteiger partial charge < -0.3 is 13.9 Å². The van der Waals surface area contributed by atoms with Crippen molar-refractivity contribution in [1.82, 2.24) is 0 Å². The van der Waals surface area contributed by atoms with Gasteiger partial charge in [-0.1, -0.05) is 19.9 Å². The molecule has 0 saturated carbocycles. The second-order valence-corrected chi connectivity index (χ2v) is 6.86. The zero-order valence-electron chi connectivity index (χ0n) is 15.8. The number of nitrogens with zero attached hydrogens (tertiary/aromatic N) is 1. The highest BCUT2D eigenvalue weighted by Gasteiger charge is 2.27. The molecule has 0 amide bonds. The van der Waals surface area contributed by atoms with E-state index in [0.717, 1.165) is 50.0 Å². The monoisotopic (exact) mass is 356 g/mol. The summed E-state index contributed by atoms with van der Waals surface area (Å²) in [5, 5.41) is 0. The van der Waals surface area contributed by atoms with Crippen molar-refractivity contribution < 1.29 is 18.5 Å². The van der Waals surface area contributed by atoms with Gasteiger partial charge in [0.15, 0.2) is 18.7 Å². The number of ether oxygens (including phenoxy) is 2. The molecule has 4 heteroatoms. The molecule has 1 fully saturated rings. The molecule has 0 radical (unpaired) electrons. The number of furan rings is 1. The molecule has 1 aliphatic rings. The minimum absolute atomic E-state index is 0.0465. The van der Waals surface area contributed by atoms with Crippen LogP contribution in [0.25, 0.3) is 12.2 Å². The van der Waals surface area contributed by atoms with Crippen LogP contribution < -0.4 is 4.57 Å². The van der Waals surface area contributed by atoms with Gasteiger partial charge in [-0.25, -0.2) is 4.57 Å². The lowest BCUT2D eigenvalue weighted by molar-refractivity contribution is -0.697. The van der Waals surface area contributed by atoms with Crippen LogP contribution in [0, 0.1) is 0 Å². The Balaban J connectivity index is 1.44. The Kier molecular flexibility index (Phi) is 7.04. The molecule has 0 spiro atoms. The van der Waals surface area contributed by atoms with Gasteiger partial charge in [0, 0.05) is 25.0 Å². The summed E-state index contributed by atoms with van der Waals surface area (Å²) in [6, 6.07) is 8.07. The Labute approximate surface area is 156 Å². The van der Waals surface area contributed by atoms with Crippen molar-refractivity contribution in [3.8, 4) is 0 Å². The summed E-state index contributed by atoms with van der Waals surface area (Å²) in [6.45, 7) is 5.36. The maximum absolute atomic E-state index is 6.04. The first-order chi connectivity index (χ1) is 12.8. The molecule has 3 heterocycles. The van der Waals surface area contributed by atoms with E-state index >= 15 is 0 Å². The highest BCUT2D eigenvalue weighted by molar-refractivity contribution is 5.66. The van der Waals surface area contributed by atoms with E-state index < -0.39 is 0 Å². The first kappa shape index (κ1) is 18.9. The summed E-state index contributed by atoms with van der Waals surface area (Å²) in [6.07, 6.45) is 15.8. The fourth-order valence-corrected chi connectivity index (χ4v) is 3.26. The molecule has 2 atom stereocenters. The minimum Gasteiger partial charge on any atom is -0.465 e. The Morgan fingerprint density at radius 3 is 2.38 bits per heavy atom. The van der Waals surface area contributed by atoms with Crippen LogP contribution in [0.3, 0.4) is 0 Å². The maximum Gasteiger partial charge on any atom is 0.169 e. The van der Waals surface area contributed by atoms with Crippen LogP contribution >= 0.6 is 0 Å². The molecule has 26 heavy (non-hydrogen) atoms. The number of aromatic nitrogens is 1. The highest BCUT2D eigenvalue weighted by Crippen LogP contribution is 2.24. The zero-order valence-corrected chi connectivity index (χ0v) is 15.8. The highest BCUT2D eigenvalue weighted by atomic mass is 16.7. The molecule has 0 N–H and O–H groups in total. The lowest BCUT2D eigenvalue weighted by atomic mass is 10.1. The summed E-state index contributed by atoms with van der Waals surface area (Å²) in [4.78, 5) is 0. The van der Waals surface area contributed by atoms with Gasteiger partial charge in [-0.2, -0.15) is 0 Å².